The quantitative estimate of drug-likeness (QED) is 0.391. The van der Waals surface area contributed by atoms with Crippen LogP contribution in [0.15, 0.2) is 36.5 Å². The lowest BCUT2D eigenvalue weighted by Gasteiger charge is -2.19. The zero-order valence-corrected chi connectivity index (χ0v) is 16.3. The molecule has 0 aliphatic carbocycles. The molecule has 12 heteroatoms. The Bertz CT molecular complexity index is 1080. The number of halogens is 5. The van der Waals surface area contributed by atoms with Crippen molar-refractivity contribution < 1.29 is 27.1 Å². The van der Waals surface area contributed by atoms with E-state index in [0.29, 0.717) is 0 Å². The maximum atomic E-state index is 13.4. The molecule has 0 amide bonds. The number of aliphatic hydroxyl groups is 1. The fraction of sp³-hybridized carbons (Fsp3) is 0.263. The van der Waals surface area contributed by atoms with E-state index in [1.807, 2.05) is 0 Å². The van der Waals surface area contributed by atoms with Gasteiger partial charge in [0.05, 0.1) is 17.5 Å². The summed E-state index contributed by atoms with van der Waals surface area (Å²) < 4.78 is 65.6. The first kappa shape index (κ1) is 22.3. The van der Waals surface area contributed by atoms with Gasteiger partial charge in [0.15, 0.2) is 11.6 Å². The van der Waals surface area contributed by atoms with Crippen molar-refractivity contribution in [3.63, 3.8) is 0 Å². The van der Waals surface area contributed by atoms with Gasteiger partial charge in [-0.05, 0) is 26.0 Å². The molecule has 3 heterocycles. The van der Waals surface area contributed by atoms with Gasteiger partial charge in [0.2, 0.25) is 5.95 Å². The van der Waals surface area contributed by atoms with Gasteiger partial charge in [0.1, 0.15) is 23.0 Å². The number of rotatable bonds is 6. The Labute approximate surface area is 173 Å². The summed E-state index contributed by atoms with van der Waals surface area (Å²) in [6.45, 7) is 3.15. The fourth-order valence-corrected chi connectivity index (χ4v) is 2.38. The zero-order chi connectivity index (χ0) is 22.8. The zero-order valence-electron chi connectivity index (χ0n) is 16.3. The van der Waals surface area contributed by atoms with Crippen LogP contribution in [0, 0.1) is 11.8 Å². The number of nitrogens with zero attached hydrogens (tertiary/aromatic N) is 4. The van der Waals surface area contributed by atoms with Crippen LogP contribution in [0.1, 0.15) is 19.5 Å². The van der Waals surface area contributed by atoms with Crippen molar-refractivity contribution in [2.75, 3.05) is 17.2 Å². The van der Waals surface area contributed by atoms with E-state index in [1.54, 1.807) is 13.8 Å². The Morgan fingerprint density at radius 3 is 2.35 bits per heavy atom. The first-order chi connectivity index (χ1) is 14.4. The van der Waals surface area contributed by atoms with Crippen LogP contribution in [0.25, 0.3) is 11.5 Å². The van der Waals surface area contributed by atoms with Crippen molar-refractivity contribution in [2.24, 2.45) is 0 Å². The average Bonchev–Trinajstić information content (AvgIpc) is 2.68. The van der Waals surface area contributed by atoms with Gasteiger partial charge in [-0.25, -0.2) is 24.3 Å². The molecule has 31 heavy (non-hydrogen) atoms. The van der Waals surface area contributed by atoms with Gasteiger partial charge < -0.3 is 15.7 Å². The number of aromatic nitrogens is 4. The minimum absolute atomic E-state index is 0.0500. The van der Waals surface area contributed by atoms with E-state index < -0.39 is 29.2 Å². The molecule has 3 rings (SSSR count). The van der Waals surface area contributed by atoms with E-state index in [4.69, 9.17) is 0 Å². The summed E-state index contributed by atoms with van der Waals surface area (Å²) in [5.74, 6) is -2.43. The molecular formula is C19H17F5N6O. The van der Waals surface area contributed by atoms with Crippen molar-refractivity contribution in [2.45, 2.75) is 25.6 Å². The van der Waals surface area contributed by atoms with Gasteiger partial charge in [-0.2, -0.15) is 17.6 Å². The molecule has 0 fully saturated rings. The second-order valence-corrected chi connectivity index (χ2v) is 7.16. The predicted molar refractivity (Wildman–Crippen MR) is 102 cm³/mol. The van der Waals surface area contributed by atoms with Gasteiger partial charge in [0, 0.05) is 18.7 Å². The van der Waals surface area contributed by atoms with Crippen LogP contribution in [-0.2, 0) is 6.18 Å². The van der Waals surface area contributed by atoms with E-state index in [9.17, 15) is 27.1 Å². The monoisotopic (exact) mass is 440 g/mol. The van der Waals surface area contributed by atoms with Crippen molar-refractivity contribution >= 4 is 17.3 Å². The number of hydrogen-bond donors (Lipinski definition) is 3. The molecule has 0 radical (unpaired) electrons. The second kappa shape index (κ2) is 8.38. The summed E-state index contributed by atoms with van der Waals surface area (Å²) in [4.78, 5) is 15.1. The van der Waals surface area contributed by atoms with E-state index in [1.165, 1.54) is 12.1 Å². The highest BCUT2D eigenvalue weighted by Gasteiger charge is 2.32. The van der Waals surface area contributed by atoms with E-state index in [2.05, 4.69) is 30.6 Å². The third kappa shape index (κ3) is 6.04. The molecule has 0 aromatic carbocycles. The number of hydrogen-bond acceptors (Lipinski definition) is 7. The molecule has 0 saturated heterocycles. The van der Waals surface area contributed by atoms with Crippen LogP contribution in [0.5, 0.6) is 0 Å². The topological polar surface area (TPSA) is 95.8 Å². The van der Waals surface area contributed by atoms with Crippen LogP contribution < -0.4 is 10.6 Å². The Hall–Kier alpha value is -3.41. The molecular weight excluding hydrogens is 423 g/mol. The van der Waals surface area contributed by atoms with Gasteiger partial charge in [-0.15, -0.1) is 0 Å². The second-order valence-electron chi connectivity index (χ2n) is 7.16. The number of anilines is 3. The normalized spacial score (nSPS) is 12.0. The first-order valence-electron chi connectivity index (χ1n) is 8.89. The molecule has 7 nitrogen and oxygen atoms in total. The number of nitrogens with one attached hydrogen (secondary N) is 2. The van der Waals surface area contributed by atoms with Crippen molar-refractivity contribution in [1.29, 1.82) is 0 Å². The summed E-state index contributed by atoms with van der Waals surface area (Å²) in [6.07, 6.45) is -3.64. The van der Waals surface area contributed by atoms with E-state index >= 15 is 0 Å². The molecule has 0 unspecified atom stereocenters. The lowest BCUT2D eigenvalue weighted by atomic mass is 10.1. The maximum absolute atomic E-state index is 13.4. The lowest BCUT2D eigenvalue weighted by Crippen LogP contribution is -2.29. The fourth-order valence-electron chi connectivity index (χ4n) is 2.38. The molecule has 0 aliphatic rings. The minimum Gasteiger partial charge on any atom is -0.389 e. The van der Waals surface area contributed by atoms with Gasteiger partial charge in [0.25, 0.3) is 0 Å². The van der Waals surface area contributed by atoms with Crippen molar-refractivity contribution in [3.05, 3.63) is 54.0 Å². The molecule has 3 aromatic rings. The summed E-state index contributed by atoms with van der Waals surface area (Å²) in [5, 5.41) is 15.4. The smallest absolute Gasteiger partial charge is 0.389 e. The molecule has 0 aliphatic heterocycles. The summed E-state index contributed by atoms with van der Waals surface area (Å²) in [7, 11) is 0. The van der Waals surface area contributed by atoms with E-state index in [-0.39, 0.29) is 35.4 Å². The third-order valence-electron chi connectivity index (χ3n) is 3.77. The number of alkyl halides is 3. The lowest BCUT2D eigenvalue weighted by molar-refractivity contribution is -0.141. The van der Waals surface area contributed by atoms with E-state index in [0.717, 1.165) is 24.4 Å². The van der Waals surface area contributed by atoms with Crippen molar-refractivity contribution in [3.8, 4) is 11.5 Å². The van der Waals surface area contributed by atoms with Crippen molar-refractivity contribution in [1.82, 2.24) is 19.9 Å². The summed E-state index contributed by atoms with van der Waals surface area (Å²) in [6, 6.07) is 5.50. The van der Waals surface area contributed by atoms with Crippen LogP contribution in [-0.4, -0.2) is 37.2 Å². The predicted octanol–water partition coefficient (Wildman–Crippen LogP) is 4.16. The summed E-state index contributed by atoms with van der Waals surface area (Å²) >= 11 is 0. The molecule has 164 valence electrons. The molecule has 0 saturated carbocycles. The van der Waals surface area contributed by atoms with Crippen LogP contribution in [0.2, 0.25) is 0 Å². The molecule has 3 aromatic heterocycles. The molecule has 0 atom stereocenters. The Kier molecular flexibility index (Phi) is 6.02. The average molecular weight is 440 g/mol. The maximum Gasteiger partial charge on any atom is 0.433 e. The minimum atomic E-state index is -4.66. The highest BCUT2D eigenvalue weighted by Crippen LogP contribution is 2.29. The van der Waals surface area contributed by atoms with Gasteiger partial charge >= 0.3 is 6.18 Å². The largest absolute Gasteiger partial charge is 0.433 e. The summed E-state index contributed by atoms with van der Waals surface area (Å²) in [5.41, 5.74) is -2.35. The Morgan fingerprint density at radius 1 is 1.00 bits per heavy atom. The van der Waals surface area contributed by atoms with Gasteiger partial charge in [-0.1, -0.05) is 6.07 Å². The molecule has 0 spiro atoms. The SMILES string of the molecule is CC(C)(O)CNc1cc(Nc2cnc(F)c(F)c2)nc(-c2cccc(C(F)(F)F)n2)n1. The first-order valence-corrected chi connectivity index (χ1v) is 8.89. The van der Waals surface area contributed by atoms with Crippen LogP contribution in [0.3, 0.4) is 0 Å². The Balaban J connectivity index is 2.01. The highest BCUT2D eigenvalue weighted by atomic mass is 19.4. The van der Waals surface area contributed by atoms with Crippen LogP contribution in [0.4, 0.5) is 39.3 Å². The van der Waals surface area contributed by atoms with Gasteiger partial charge in [-0.3, -0.25) is 0 Å². The molecule has 0 bridgehead atoms. The Morgan fingerprint density at radius 2 is 1.71 bits per heavy atom. The number of pyridine rings is 2. The standard InChI is InChI=1S/C19H17F5N6O/c1-18(2,31)9-26-14-7-15(27-10-6-11(20)16(21)25-8-10)30-17(29-14)12-4-3-5-13(28-12)19(22,23)24/h3-8,31H,9H2,1-2H3,(H2,26,27,29,30). The van der Waals surface area contributed by atoms with Crippen LogP contribution >= 0.6 is 0 Å². The third-order valence-corrected chi connectivity index (χ3v) is 3.77. The highest BCUT2D eigenvalue weighted by molar-refractivity contribution is 5.63. The molecule has 3 N–H and O–H groups in total.